The van der Waals surface area contributed by atoms with E-state index in [-0.39, 0.29) is 11.6 Å². The standard InChI is InChI=1S/C20H20N4O4/c1-26-15-7-4-13(5-8-15)23-20-21-11-10-16(24-20)19(25)22-14-6-9-17(27-2)18(12-14)28-3/h4-12H,1-3H3,(H,22,25)(H,21,23,24). The molecule has 0 spiro atoms. The number of carbonyl (C=O) groups is 1. The molecule has 28 heavy (non-hydrogen) atoms. The molecule has 0 bridgehead atoms. The Hall–Kier alpha value is -3.81. The second kappa shape index (κ2) is 8.72. The second-order valence-corrected chi connectivity index (χ2v) is 5.64. The van der Waals surface area contributed by atoms with Gasteiger partial charge in [-0.15, -0.1) is 0 Å². The number of carbonyl (C=O) groups excluding carboxylic acids is 1. The van der Waals surface area contributed by atoms with Crippen molar-refractivity contribution in [1.82, 2.24) is 9.97 Å². The summed E-state index contributed by atoms with van der Waals surface area (Å²) in [5.74, 6) is 1.78. The van der Waals surface area contributed by atoms with Crippen LogP contribution >= 0.6 is 0 Å². The van der Waals surface area contributed by atoms with Gasteiger partial charge in [-0.05, 0) is 42.5 Å². The van der Waals surface area contributed by atoms with Crippen LogP contribution in [0.15, 0.2) is 54.7 Å². The third-order valence-electron chi connectivity index (χ3n) is 3.88. The number of hydrogen-bond acceptors (Lipinski definition) is 7. The summed E-state index contributed by atoms with van der Waals surface area (Å²) in [5.41, 5.74) is 1.56. The van der Waals surface area contributed by atoms with Crippen LogP contribution in [-0.4, -0.2) is 37.2 Å². The van der Waals surface area contributed by atoms with E-state index >= 15 is 0 Å². The van der Waals surface area contributed by atoms with Crippen LogP contribution in [0.3, 0.4) is 0 Å². The third-order valence-corrected chi connectivity index (χ3v) is 3.88. The number of methoxy groups -OCH3 is 3. The van der Waals surface area contributed by atoms with Crippen LogP contribution < -0.4 is 24.8 Å². The quantitative estimate of drug-likeness (QED) is 0.648. The first-order valence-electron chi connectivity index (χ1n) is 8.40. The number of amides is 1. The van der Waals surface area contributed by atoms with Crippen molar-refractivity contribution in [3.8, 4) is 17.2 Å². The Labute approximate surface area is 162 Å². The van der Waals surface area contributed by atoms with Crippen LogP contribution in [0, 0.1) is 0 Å². The smallest absolute Gasteiger partial charge is 0.274 e. The van der Waals surface area contributed by atoms with E-state index in [1.807, 2.05) is 24.3 Å². The lowest BCUT2D eigenvalue weighted by atomic mass is 10.2. The highest BCUT2D eigenvalue weighted by molar-refractivity contribution is 6.03. The first-order valence-corrected chi connectivity index (χ1v) is 8.40. The molecule has 0 fully saturated rings. The predicted molar refractivity (Wildman–Crippen MR) is 106 cm³/mol. The predicted octanol–water partition coefficient (Wildman–Crippen LogP) is 3.50. The van der Waals surface area contributed by atoms with Gasteiger partial charge in [0.1, 0.15) is 11.4 Å². The maximum atomic E-state index is 12.5. The van der Waals surface area contributed by atoms with E-state index in [0.717, 1.165) is 11.4 Å². The molecule has 1 aromatic heterocycles. The summed E-state index contributed by atoms with van der Waals surface area (Å²) in [6.45, 7) is 0. The van der Waals surface area contributed by atoms with E-state index in [1.54, 1.807) is 32.4 Å². The van der Waals surface area contributed by atoms with E-state index in [9.17, 15) is 4.79 Å². The maximum Gasteiger partial charge on any atom is 0.274 e. The van der Waals surface area contributed by atoms with Crippen molar-refractivity contribution in [3.05, 3.63) is 60.4 Å². The van der Waals surface area contributed by atoms with Gasteiger partial charge >= 0.3 is 0 Å². The fraction of sp³-hybridized carbons (Fsp3) is 0.150. The lowest BCUT2D eigenvalue weighted by molar-refractivity contribution is 0.102. The minimum absolute atomic E-state index is 0.223. The molecule has 0 aliphatic carbocycles. The van der Waals surface area contributed by atoms with Gasteiger partial charge in [-0.25, -0.2) is 9.97 Å². The molecule has 3 rings (SSSR count). The van der Waals surface area contributed by atoms with Crippen LogP contribution in [0.2, 0.25) is 0 Å². The second-order valence-electron chi connectivity index (χ2n) is 5.64. The van der Waals surface area contributed by atoms with E-state index in [0.29, 0.717) is 23.1 Å². The van der Waals surface area contributed by atoms with Crippen LogP contribution in [-0.2, 0) is 0 Å². The third kappa shape index (κ3) is 4.47. The Balaban J connectivity index is 1.73. The molecule has 0 aliphatic heterocycles. The number of ether oxygens (including phenoxy) is 3. The summed E-state index contributed by atoms with van der Waals surface area (Å²) in [5, 5.41) is 5.83. The summed E-state index contributed by atoms with van der Waals surface area (Å²) >= 11 is 0. The molecule has 8 nitrogen and oxygen atoms in total. The number of benzene rings is 2. The highest BCUT2D eigenvalue weighted by Crippen LogP contribution is 2.29. The highest BCUT2D eigenvalue weighted by atomic mass is 16.5. The van der Waals surface area contributed by atoms with Crippen molar-refractivity contribution in [2.75, 3.05) is 32.0 Å². The summed E-state index contributed by atoms with van der Waals surface area (Å²) in [6.07, 6.45) is 1.52. The number of nitrogens with one attached hydrogen (secondary N) is 2. The maximum absolute atomic E-state index is 12.5. The fourth-order valence-electron chi connectivity index (χ4n) is 2.46. The van der Waals surface area contributed by atoms with Crippen LogP contribution in [0.25, 0.3) is 0 Å². The Morgan fingerprint density at radius 1 is 0.857 bits per heavy atom. The topological polar surface area (TPSA) is 94.6 Å². The Kier molecular flexibility index (Phi) is 5.91. The average Bonchev–Trinajstić information content (AvgIpc) is 2.74. The molecule has 3 aromatic rings. The summed E-state index contributed by atoms with van der Waals surface area (Å²) in [4.78, 5) is 20.9. The number of hydrogen-bond donors (Lipinski definition) is 2. The lowest BCUT2D eigenvalue weighted by Crippen LogP contribution is -2.14. The van der Waals surface area contributed by atoms with Gasteiger partial charge in [-0.3, -0.25) is 4.79 Å². The van der Waals surface area contributed by atoms with Gasteiger partial charge in [0, 0.05) is 23.6 Å². The van der Waals surface area contributed by atoms with Crippen molar-refractivity contribution in [2.45, 2.75) is 0 Å². The number of anilines is 3. The zero-order valence-corrected chi connectivity index (χ0v) is 15.7. The van der Waals surface area contributed by atoms with Gasteiger partial charge in [-0.2, -0.15) is 0 Å². The van der Waals surface area contributed by atoms with Crippen molar-refractivity contribution >= 4 is 23.2 Å². The van der Waals surface area contributed by atoms with E-state index in [1.165, 1.54) is 19.4 Å². The van der Waals surface area contributed by atoms with E-state index < -0.39 is 0 Å². The van der Waals surface area contributed by atoms with Crippen LogP contribution in [0.5, 0.6) is 17.2 Å². The molecule has 8 heteroatoms. The normalized spacial score (nSPS) is 10.1. The first-order chi connectivity index (χ1) is 13.6. The molecule has 0 aliphatic rings. The Morgan fingerprint density at radius 3 is 2.25 bits per heavy atom. The largest absolute Gasteiger partial charge is 0.497 e. The minimum atomic E-state index is -0.368. The molecular weight excluding hydrogens is 360 g/mol. The molecule has 144 valence electrons. The van der Waals surface area contributed by atoms with Crippen molar-refractivity contribution in [2.24, 2.45) is 0 Å². The van der Waals surface area contributed by atoms with Gasteiger partial charge < -0.3 is 24.8 Å². The monoisotopic (exact) mass is 380 g/mol. The van der Waals surface area contributed by atoms with Crippen LogP contribution in [0.1, 0.15) is 10.5 Å². The molecule has 0 saturated carbocycles. The Bertz CT molecular complexity index is 961. The number of aromatic nitrogens is 2. The molecule has 1 amide bonds. The van der Waals surface area contributed by atoms with Crippen LogP contribution in [0.4, 0.5) is 17.3 Å². The van der Waals surface area contributed by atoms with Gasteiger partial charge in [0.25, 0.3) is 5.91 Å². The minimum Gasteiger partial charge on any atom is -0.497 e. The van der Waals surface area contributed by atoms with Gasteiger partial charge in [0.2, 0.25) is 5.95 Å². The zero-order valence-electron chi connectivity index (χ0n) is 15.7. The lowest BCUT2D eigenvalue weighted by Gasteiger charge is -2.11. The molecule has 0 radical (unpaired) electrons. The average molecular weight is 380 g/mol. The molecule has 0 saturated heterocycles. The SMILES string of the molecule is COc1ccc(Nc2nccc(C(=O)Nc3ccc(OC)c(OC)c3)n2)cc1. The first kappa shape index (κ1) is 19.0. The Morgan fingerprint density at radius 2 is 1.57 bits per heavy atom. The van der Waals surface area contributed by atoms with Crippen molar-refractivity contribution < 1.29 is 19.0 Å². The van der Waals surface area contributed by atoms with Crippen molar-refractivity contribution in [3.63, 3.8) is 0 Å². The van der Waals surface area contributed by atoms with Crippen molar-refractivity contribution in [1.29, 1.82) is 0 Å². The summed E-state index contributed by atoms with van der Waals surface area (Å²) in [6, 6.07) is 13.9. The van der Waals surface area contributed by atoms with E-state index in [2.05, 4.69) is 20.6 Å². The van der Waals surface area contributed by atoms with Gasteiger partial charge in [0.15, 0.2) is 11.5 Å². The number of rotatable bonds is 7. The highest BCUT2D eigenvalue weighted by Gasteiger charge is 2.12. The molecular formula is C20H20N4O4. The molecule has 0 unspecified atom stereocenters. The fourth-order valence-corrected chi connectivity index (χ4v) is 2.46. The van der Waals surface area contributed by atoms with Gasteiger partial charge in [0.05, 0.1) is 21.3 Å². The van der Waals surface area contributed by atoms with Gasteiger partial charge in [-0.1, -0.05) is 0 Å². The summed E-state index contributed by atoms with van der Waals surface area (Å²) in [7, 11) is 4.69. The molecule has 2 aromatic carbocycles. The molecule has 0 atom stereocenters. The van der Waals surface area contributed by atoms with E-state index in [4.69, 9.17) is 14.2 Å². The molecule has 1 heterocycles. The summed E-state index contributed by atoms with van der Waals surface area (Å²) < 4.78 is 15.6. The molecule has 2 N–H and O–H groups in total. The number of nitrogens with zero attached hydrogens (tertiary/aromatic N) is 2. The zero-order chi connectivity index (χ0) is 19.9.